The highest BCUT2D eigenvalue weighted by Gasteiger charge is 2.23. The van der Waals surface area contributed by atoms with Gasteiger partial charge in [0.05, 0.1) is 19.5 Å². The van der Waals surface area contributed by atoms with Gasteiger partial charge in [0.1, 0.15) is 11.8 Å². The number of amides is 2. The van der Waals surface area contributed by atoms with Crippen molar-refractivity contribution >= 4 is 40.0 Å². The largest absolute Gasteiger partial charge is 0.497 e. The highest BCUT2D eigenvalue weighted by atomic mass is 32.2. The predicted molar refractivity (Wildman–Crippen MR) is 117 cm³/mol. The first-order valence-electron chi connectivity index (χ1n) is 9.36. The number of anilines is 1. The number of aromatic nitrogens is 4. The molecule has 3 rings (SSSR count). The number of carbonyl (C=O) groups excluding carboxylic acids is 2. The molecule has 12 heteroatoms. The molecule has 0 radical (unpaired) electrons. The van der Waals surface area contributed by atoms with Gasteiger partial charge >= 0.3 is 0 Å². The van der Waals surface area contributed by atoms with Gasteiger partial charge in [0, 0.05) is 23.7 Å². The molecule has 0 spiro atoms. The van der Waals surface area contributed by atoms with Gasteiger partial charge in [-0.2, -0.15) is 0 Å². The first-order valence-corrected chi connectivity index (χ1v) is 11.2. The van der Waals surface area contributed by atoms with Crippen molar-refractivity contribution in [3.63, 3.8) is 0 Å². The SMILES string of the molecule is CCn1c(SCC(=O)Nc2nccs2)nnc1[C@H](CO)NC(=O)c1ccc(OC)cc1. The molecule has 164 valence electrons. The highest BCUT2D eigenvalue weighted by molar-refractivity contribution is 7.99. The van der Waals surface area contributed by atoms with Gasteiger partial charge in [0.25, 0.3) is 5.91 Å². The molecule has 2 heterocycles. The third-order valence-electron chi connectivity index (χ3n) is 4.22. The molecule has 0 aliphatic rings. The number of thioether (sulfide) groups is 1. The van der Waals surface area contributed by atoms with Crippen molar-refractivity contribution < 1.29 is 19.4 Å². The number of nitrogens with one attached hydrogen (secondary N) is 2. The summed E-state index contributed by atoms with van der Waals surface area (Å²) in [4.78, 5) is 28.7. The Morgan fingerprint density at radius 3 is 2.68 bits per heavy atom. The van der Waals surface area contributed by atoms with Gasteiger partial charge in [0.2, 0.25) is 5.91 Å². The van der Waals surface area contributed by atoms with E-state index in [1.54, 1.807) is 47.5 Å². The van der Waals surface area contributed by atoms with Crippen LogP contribution in [0.2, 0.25) is 0 Å². The molecule has 1 aromatic carbocycles. The summed E-state index contributed by atoms with van der Waals surface area (Å²) in [6, 6.07) is 5.89. The molecule has 3 aromatic rings. The van der Waals surface area contributed by atoms with Crippen LogP contribution < -0.4 is 15.4 Å². The van der Waals surface area contributed by atoms with Crippen LogP contribution in [0.15, 0.2) is 41.0 Å². The number of carbonyl (C=O) groups is 2. The Labute approximate surface area is 187 Å². The molecule has 0 unspecified atom stereocenters. The summed E-state index contributed by atoms with van der Waals surface area (Å²) in [5.74, 6) is 0.610. The molecule has 1 atom stereocenters. The average Bonchev–Trinajstić information content (AvgIpc) is 3.45. The number of benzene rings is 1. The Kier molecular flexibility index (Phi) is 7.98. The van der Waals surface area contributed by atoms with Crippen molar-refractivity contribution in [2.24, 2.45) is 0 Å². The van der Waals surface area contributed by atoms with Gasteiger partial charge in [0.15, 0.2) is 16.1 Å². The topological polar surface area (TPSA) is 131 Å². The van der Waals surface area contributed by atoms with Crippen LogP contribution in [0, 0.1) is 0 Å². The van der Waals surface area contributed by atoms with Crippen LogP contribution in [0.1, 0.15) is 29.1 Å². The van der Waals surface area contributed by atoms with Crippen molar-refractivity contribution in [2.45, 2.75) is 24.7 Å². The number of hydrogen-bond acceptors (Lipinski definition) is 9. The summed E-state index contributed by atoms with van der Waals surface area (Å²) in [6.45, 7) is 2.05. The number of methoxy groups -OCH3 is 1. The van der Waals surface area contributed by atoms with Crippen molar-refractivity contribution in [1.29, 1.82) is 0 Å². The van der Waals surface area contributed by atoms with Crippen molar-refractivity contribution in [3.05, 3.63) is 47.2 Å². The van der Waals surface area contributed by atoms with Gasteiger partial charge in [-0.1, -0.05) is 11.8 Å². The van der Waals surface area contributed by atoms with Crippen molar-refractivity contribution in [3.8, 4) is 5.75 Å². The lowest BCUT2D eigenvalue weighted by atomic mass is 10.2. The number of aliphatic hydroxyl groups is 1. The molecule has 2 amide bonds. The number of aliphatic hydroxyl groups excluding tert-OH is 1. The molecule has 0 saturated carbocycles. The van der Waals surface area contributed by atoms with Gasteiger partial charge in [-0.05, 0) is 31.2 Å². The Bertz CT molecular complexity index is 1010. The Morgan fingerprint density at radius 1 is 1.29 bits per heavy atom. The van der Waals surface area contributed by atoms with Crippen molar-refractivity contribution in [2.75, 3.05) is 24.8 Å². The fourth-order valence-electron chi connectivity index (χ4n) is 2.71. The molecule has 0 aliphatic carbocycles. The van der Waals surface area contributed by atoms with E-state index in [2.05, 4.69) is 25.8 Å². The van der Waals surface area contributed by atoms with Gasteiger partial charge < -0.3 is 25.0 Å². The molecule has 3 N–H and O–H groups in total. The molecule has 0 saturated heterocycles. The van der Waals surface area contributed by atoms with E-state index in [4.69, 9.17) is 4.74 Å². The molecule has 0 aliphatic heterocycles. The van der Waals surface area contributed by atoms with Gasteiger partial charge in [-0.15, -0.1) is 21.5 Å². The van der Waals surface area contributed by atoms with E-state index >= 15 is 0 Å². The standard InChI is InChI=1S/C19H22N6O4S2/c1-3-25-16(14(10-26)21-17(28)12-4-6-13(29-2)7-5-12)23-24-19(25)31-11-15(27)22-18-20-8-9-30-18/h4-9,14,26H,3,10-11H2,1-2H3,(H,21,28)(H,20,22,27)/t14-/m0/s1. The fourth-order valence-corrected chi connectivity index (χ4v) is 4.06. The van der Waals surface area contributed by atoms with E-state index in [9.17, 15) is 14.7 Å². The normalized spacial score (nSPS) is 11.7. The average molecular weight is 463 g/mol. The summed E-state index contributed by atoms with van der Waals surface area (Å²) in [7, 11) is 1.55. The van der Waals surface area contributed by atoms with Crippen molar-refractivity contribution in [1.82, 2.24) is 25.1 Å². The van der Waals surface area contributed by atoms with Crippen LogP contribution in [0.4, 0.5) is 5.13 Å². The minimum Gasteiger partial charge on any atom is -0.497 e. The fraction of sp³-hybridized carbons (Fsp3) is 0.316. The first kappa shape index (κ1) is 22.7. The van der Waals surface area contributed by atoms with E-state index in [0.717, 1.165) is 0 Å². The predicted octanol–water partition coefficient (Wildman–Crippen LogP) is 1.96. The number of hydrogen-bond donors (Lipinski definition) is 3. The maximum absolute atomic E-state index is 12.6. The van der Waals surface area contributed by atoms with E-state index in [1.807, 2.05) is 6.92 Å². The van der Waals surface area contributed by atoms with Crippen LogP contribution in [-0.4, -0.2) is 56.1 Å². The molecular weight excluding hydrogens is 440 g/mol. The number of nitrogens with zero attached hydrogens (tertiary/aromatic N) is 4. The van der Waals surface area contributed by atoms with Crippen LogP contribution in [0.5, 0.6) is 5.75 Å². The van der Waals surface area contributed by atoms with E-state index in [0.29, 0.717) is 34.0 Å². The second-order valence-corrected chi connectivity index (χ2v) is 8.03. The minimum atomic E-state index is -0.749. The molecule has 2 aromatic heterocycles. The maximum Gasteiger partial charge on any atom is 0.251 e. The first-order chi connectivity index (χ1) is 15.0. The zero-order valence-corrected chi connectivity index (χ0v) is 18.6. The lowest BCUT2D eigenvalue weighted by molar-refractivity contribution is -0.113. The lowest BCUT2D eigenvalue weighted by Gasteiger charge is -2.17. The third kappa shape index (κ3) is 5.81. The van der Waals surface area contributed by atoms with E-state index in [-0.39, 0.29) is 24.2 Å². The third-order valence-corrected chi connectivity index (χ3v) is 5.88. The zero-order chi connectivity index (χ0) is 22.2. The molecule has 0 fully saturated rings. The highest BCUT2D eigenvalue weighted by Crippen LogP contribution is 2.22. The summed E-state index contributed by atoms with van der Waals surface area (Å²) in [6.07, 6.45) is 1.61. The van der Waals surface area contributed by atoms with E-state index in [1.165, 1.54) is 23.1 Å². The summed E-state index contributed by atoms with van der Waals surface area (Å²) < 4.78 is 6.86. The zero-order valence-electron chi connectivity index (χ0n) is 16.9. The summed E-state index contributed by atoms with van der Waals surface area (Å²) >= 11 is 2.55. The Morgan fingerprint density at radius 2 is 2.06 bits per heavy atom. The second-order valence-electron chi connectivity index (χ2n) is 6.20. The number of ether oxygens (including phenoxy) is 1. The Balaban J connectivity index is 1.66. The monoisotopic (exact) mass is 462 g/mol. The van der Waals surface area contributed by atoms with E-state index < -0.39 is 6.04 Å². The lowest BCUT2D eigenvalue weighted by Crippen LogP contribution is -2.32. The van der Waals surface area contributed by atoms with Crippen LogP contribution in [0.3, 0.4) is 0 Å². The minimum absolute atomic E-state index is 0.125. The molecule has 10 nitrogen and oxygen atoms in total. The van der Waals surface area contributed by atoms with Crippen LogP contribution in [-0.2, 0) is 11.3 Å². The second kappa shape index (κ2) is 10.9. The maximum atomic E-state index is 12.6. The molecule has 31 heavy (non-hydrogen) atoms. The van der Waals surface area contributed by atoms with Gasteiger partial charge in [-0.3, -0.25) is 9.59 Å². The number of thiazole rings is 1. The smallest absolute Gasteiger partial charge is 0.251 e. The summed E-state index contributed by atoms with van der Waals surface area (Å²) in [5, 5.41) is 26.4. The Hall–Kier alpha value is -2.96. The quantitative estimate of drug-likeness (QED) is 0.390. The molecular formula is C19H22N6O4S2. The summed E-state index contributed by atoms with van der Waals surface area (Å²) in [5.41, 5.74) is 0.426. The van der Waals surface area contributed by atoms with Crippen LogP contribution in [0.25, 0.3) is 0 Å². The number of rotatable bonds is 10. The molecule has 0 bridgehead atoms. The van der Waals surface area contributed by atoms with Crippen LogP contribution >= 0.6 is 23.1 Å². The van der Waals surface area contributed by atoms with Gasteiger partial charge in [-0.25, -0.2) is 4.98 Å².